The topological polar surface area (TPSA) is 70.3 Å². The number of rotatable bonds is 8. The summed E-state index contributed by atoms with van der Waals surface area (Å²) >= 11 is 0. The standard InChI is InChI=1S/C19H27F3N4O2/c1-13-14(2)26(15-6-4-5-7-15)18(16(13)10-23)24-17(27)11-25(8-9-28-3)12-19(20,21)22/h15H,4-9,11-12H2,1-3H3,(H,24,27). The van der Waals surface area contributed by atoms with Gasteiger partial charge in [0.2, 0.25) is 5.91 Å². The molecule has 1 aliphatic carbocycles. The number of hydrogen-bond acceptors (Lipinski definition) is 4. The molecular formula is C19H27F3N4O2. The number of anilines is 1. The van der Waals surface area contributed by atoms with Crippen LogP contribution < -0.4 is 5.32 Å². The predicted octanol–water partition coefficient (Wildman–Crippen LogP) is 3.54. The summed E-state index contributed by atoms with van der Waals surface area (Å²) in [6.07, 6.45) is -0.351. The van der Waals surface area contributed by atoms with Crippen LogP contribution in [0.1, 0.15) is 48.5 Å². The van der Waals surface area contributed by atoms with Gasteiger partial charge in [0, 0.05) is 25.4 Å². The van der Waals surface area contributed by atoms with E-state index in [1.807, 2.05) is 18.4 Å². The number of aromatic nitrogens is 1. The van der Waals surface area contributed by atoms with Crippen LogP contribution in [0, 0.1) is 25.2 Å². The number of halogens is 3. The molecule has 28 heavy (non-hydrogen) atoms. The molecule has 0 spiro atoms. The second-order valence-electron chi connectivity index (χ2n) is 7.22. The van der Waals surface area contributed by atoms with Crippen molar-refractivity contribution in [2.24, 2.45) is 0 Å². The molecule has 9 heteroatoms. The monoisotopic (exact) mass is 400 g/mol. The van der Waals surface area contributed by atoms with Gasteiger partial charge in [-0.05, 0) is 32.3 Å². The molecule has 1 aromatic rings. The van der Waals surface area contributed by atoms with Gasteiger partial charge in [-0.1, -0.05) is 12.8 Å². The number of nitriles is 1. The first kappa shape index (κ1) is 22.2. The van der Waals surface area contributed by atoms with Gasteiger partial charge in [0.25, 0.3) is 0 Å². The lowest BCUT2D eigenvalue weighted by Crippen LogP contribution is -2.41. The number of alkyl halides is 3. The molecule has 0 unspecified atom stereocenters. The van der Waals surface area contributed by atoms with Crippen LogP contribution in [0.3, 0.4) is 0 Å². The molecule has 1 N–H and O–H groups in total. The molecule has 156 valence electrons. The van der Waals surface area contributed by atoms with E-state index < -0.39 is 25.2 Å². The minimum atomic E-state index is -4.41. The van der Waals surface area contributed by atoms with Gasteiger partial charge in [-0.3, -0.25) is 9.69 Å². The lowest BCUT2D eigenvalue weighted by molar-refractivity contribution is -0.149. The first-order valence-electron chi connectivity index (χ1n) is 9.37. The summed E-state index contributed by atoms with van der Waals surface area (Å²) in [6.45, 7) is 2.17. The second kappa shape index (κ2) is 9.43. The number of methoxy groups -OCH3 is 1. The van der Waals surface area contributed by atoms with E-state index in [-0.39, 0.29) is 19.2 Å². The fourth-order valence-corrected chi connectivity index (χ4v) is 3.77. The zero-order valence-electron chi connectivity index (χ0n) is 16.5. The molecule has 0 bridgehead atoms. The molecule has 0 aliphatic heterocycles. The minimum Gasteiger partial charge on any atom is -0.383 e. The first-order valence-corrected chi connectivity index (χ1v) is 9.37. The van der Waals surface area contributed by atoms with Crippen molar-refractivity contribution in [1.82, 2.24) is 9.47 Å². The highest BCUT2D eigenvalue weighted by Gasteiger charge is 2.32. The predicted molar refractivity (Wildman–Crippen MR) is 99.1 cm³/mol. The summed E-state index contributed by atoms with van der Waals surface area (Å²) in [5.41, 5.74) is 2.07. The van der Waals surface area contributed by atoms with Gasteiger partial charge in [0.15, 0.2) is 0 Å². The van der Waals surface area contributed by atoms with Gasteiger partial charge in [-0.2, -0.15) is 18.4 Å². The summed E-state index contributed by atoms with van der Waals surface area (Å²) < 4.78 is 45.2. The highest BCUT2D eigenvalue weighted by Crippen LogP contribution is 2.37. The Morgan fingerprint density at radius 2 is 2.00 bits per heavy atom. The molecule has 1 saturated carbocycles. The van der Waals surface area contributed by atoms with Crippen molar-refractivity contribution in [3.05, 3.63) is 16.8 Å². The number of amides is 1. The van der Waals surface area contributed by atoms with Crippen LogP contribution in [-0.4, -0.2) is 54.9 Å². The highest BCUT2D eigenvalue weighted by atomic mass is 19.4. The van der Waals surface area contributed by atoms with Crippen LogP contribution in [0.25, 0.3) is 0 Å². The van der Waals surface area contributed by atoms with E-state index >= 15 is 0 Å². The van der Waals surface area contributed by atoms with Gasteiger partial charge in [-0.25, -0.2) is 0 Å². The third-order valence-electron chi connectivity index (χ3n) is 5.20. The fourth-order valence-electron chi connectivity index (χ4n) is 3.77. The van der Waals surface area contributed by atoms with Crippen molar-refractivity contribution in [2.45, 2.75) is 51.7 Å². The van der Waals surface area contributed by atoms with E-state index in [2.05, 4.69) is 11.4 Å². The molecular weight excluding hydrogens is 373 g/mol. The number of nitrogens with zero attached hydrogens (tertiary/aromatic N) is 3. The third kappa shape index (κ3) is 5.49. The van der Waals surface area contributed by atoms with Crippen molar-refractivity contribution in [3.63, 3.8) is 0 Å². The molecule has 1 heterocycles. The van der Waals surface area contributed by atoms with Gasteiger partial charge in [-0.15, -0.1) is 0 Å². The van der Waals surface area contributed by atoms with Crippen molar-refractivity contribution >= 4 is 11.7 Å². The Balaban J connectivity index is 2.22. The molecule has 2 rings (SSSR count). The van der Waals surface area contributed by atoms with E-state index in [4.69, 9.17) is 4.74 Å². The molecule has 1 aliphatic rings. The van der Waals surface area contributed by atoms with E-state index in [1.165, 1.54) is 7.11 Å². The smallest absolute Gasteiger partial charge is 0.383 e. The molecule has 0 saturated heterocycles. The second-order valence-corrected chi connectivity index (χ2v) is 7.22. The van der Waals surface area contributed by atoms with Crippen molar-refractivity contribution < 1.29 is 22.7 Å². The Hall–Kier alpha value is -2.05. The lowest BCUT2D eigenvalue weighted by Gasteiger charge is -2.24. The van der Waals surface area contributed by atoms with Crippen LogP contribution in [0.15, 0.2) is 0 Å². The van der Waals surface area contributed by atoms with Crippen LogP contribution in [-0.2, 0) is 9.53 Å². The van der Waals surface area contributed by atoms with Crippen LogP contribution in [0.4, 0.5) is 19.0 Å². The highest BCUT2D eigenvalue weighted by molar-refractivity contribution is 5.93. The summed E-state index contributed by atoms with van der Waals surface area (Å²) in [4.78, 5) is 13.5. The molecule has 0 radical (unpaired) electrons. The van der Waals surface area contributed by atoms with E-state index in [0.717, 1.165) is 41.8 Å². The Kier molecular flexibility index (Phi) is 7.49. The van der Waals surface area contributed by atoms with Crippen molar-refractivity contribution in [1.29, 1.82) is 5.26 Å². The number of hydrogen-bond donors (Lipinski definition) is 1. The lowest BCUT2D eigenvalue weighted by atomic mass is 10.2. The maximum atomic E-state index is 12.8. The summed E-state index contributed by atoms with van der Waals surface area (Å²) in [5.74, 6) is -0.179. The third-order valence-corrected chi connectivity index (χ3v) is 5.20. The Morgan fingerprint density at radius 3 is 2.54 bits per heavy atom. The SMILES string of the molecule is COCCN(CC(=O)Nc1c(C#N)c(C)c(C)n1C1CCCC1)CC(F)(F)F. The Morgan fingerprint density at radius 1 is 1.36 bits per heavy atom. The zero-order chi connectivity index (χ0) is 20.9. The molecule has 1 amide bonds. The molecule has 0 atom stereocenters. The summed E-state index contributed by atoms with van der Waals surface area (Å²) in [6, 6.07) is 2.32. The van der Waals surface area contributed by atoms with Crippen molar-refractivity contribution in [2.75, 3.05) is 38.7 Å². The summed E-state index contributed by atoms with van der Waals surface area (Å²) in [7, 11) is 1.39. The average Bonchev–Trinajstić information content (AvgIpc) is 3.19. The first-order chi connectivity index (χ1) is 13.2. The maximum absolute atomic E-state index is 12.8. The van der Waals surface area contributed by atoms with Crippen LogP contribution in [0.2, 0.25) is 0 Å². The van der Waals surface area contributed by atoms with Gasteiger partial charge in [0.05, 0.1) is 25.3 Å². The number of carbonyl (C=O) groups excluding carboxylic acids is 1. The molecule has 1 fully saturated rings. The van der Waals surface area contributed by atoms with Crippen LogP contribution >= 0.6 is 0 Å². The van der Waals surface area contributed by atoms with E-state index in [0.29, 0.717) is 11.4 Å². The Bertz CT molecular complexity index is 731. The zero-order valence-corrected chi connectivity index (χ0v) is 16.5. The van der Waals surface area contributed by atoms with Gasteiger partial charge < -0.3 is 14.6 Å². The van der Waals surface area contributed by atoms with Gasteiger partial charge in [0.1, 0.15) is 11.9 Å². The largest absolute Gasteiger partial charge is 0.401 e. The van der Waals surface area contributed by atoms with E-state index in [9.17, 15) is 23.2 Å². The van der Waals surface area contributed by atoms with Crippen LogP contribution in [0.5, 0.6) is 0 Å². The number of ether oxygens (including phenoxy) is 1. The number of nitrogens with one attached hydrogen (secondary N) is 1. The molecule has 0 aromatic carbocycles. The van der Waals surface area contributed by atoms with Crippen molar-refractivity contribution in [3.8, 4) is 6.07 Å². The maximum Gasteiger partial charge on any atom is 0.401 e. The number of carbonyl (C=O) groups is 1. The van der Waals surface area contributed by atoms with Gasteiger partial charge >= 0.3 is 6.18 Å². The fraction of sp³-hybridized carbons (Fsp3) is 0.684. The average molecular weight is 400 g/mol. The molecule has 1 aromatic heterocycles. The quantitative estimate of drug-likeness (QED) is 0.725. The normalized spacial score (nSPS) is 15.2. The summed E-state index contributed by atoms with van der Waals surface area (Å²) in [5, 5.41) is 12.3. The molecule has 6 nitrogen and oxygen atoms in total. The Labute approximate surface area is 163 Å². The van der Waals surface area contributed by atoms with E-state index in [1.54, 1.807) is 0 Å². The minimum absolute atomic E-state index is 0.0176.